The Balaban J connectivity index is 1.94. The van der Waals surface area contributed by atoms with E-state index in [1.54, 1.807) is 0 Å². The number of hydrogen-bond acceptors (Lipinski definition) is 3. The molecule has 0 unspecified atom stereocenters. The summed E-state index contributed by atoms with van der Waals surface area (Å²) in [6.07, 6.45) is 0. The summed E-state index contributed by atoms with van der Waals surface area (Å²) >= 11 is 0. The SMILES string of the molecule is CC(C)(C)c1ccc(Oc2ccc(COCC(=O)O)cc2)cc1. The zero-order chi connectivity index (χ0) is 16.9. The van der Waals surface area contributed by atoms with Crippen LogP contribution >= 0.6 is 0 Å². The van der Waals surface area contributed by atoms with E-state index in [4.69, 9.17) is 14.6 Å². The molecular formula is C19H22O4. The summed E-state index contributed by atoms with van der Waals surface area (Å²) in [6, 6.07) is 15.5. The summed E-state index contributed by atoms with van der Waals surface area (Å²) in [5.41, 5.74) is 2.29. The first-order chi connectivity index (χ1) is 10.8. The maximum absolute atomic E-state index is 10.4. The van der Waals surface area contributed by atoms with Gasteiger partial charge in [0, 0.05) is 0 Å². The minimum absolute atomic E-state index is 0.121. The highest BCUT2D eigenvalue weighted by Gasteiger charge is 2.13. The zero-order valence-electron chi connectivity index (χ0n) is 13.7. The molecule has 0 fully saturated rings. The first-order valence-corrected chi connectivity index (χ1v) is 7.51. The Labute approximate surface area is 136 Å². The molecule has 0 heterocycles. The minimum atomic E-state index is -0.969. The van der Waals surface area contributed by atoms with Crippen molar-refractivity contribution in [3.8, 4) is 11.5 Å². The van der Waals surface area contributed by atoms with Crippen molar-refractivity contribution in [3.05, 3.63) is 59.7 Å². The van der Waals surface area contributed by atoms with Crippen LogP contribution < -0.4 is 4.74 Å². The summed E-state index contributed by atoms with van der Waals surface area (Å²) in [6.45, 7) is 6.50. The van der Waals surface area contributed by atoms with Crippen LogP contribution in [0, 0.1) is 0 Å². The van der Waals surface area contributed by atoms with Crippen LogP contribution in [0.5, 0.6) is 11.5 Å². The number of ether oxygens (including phenoxy) is 2. The lowest BCUT2D eigenvalue weighted by Crippen LogP contribution is -2.10. The predicted molar refractivity (Wildman–Crippen MR) is 88.9 cm³/mol. The van der Waals surface area contributed by atoms with Crippen LogP contribution in [0.1, 0.15) is 31.9 Å². The summed E-state index contributed by atoms with van der Waals surface area (Å²) < 4.78 is 10.9. The van der Waals surface area contributed by atoms with Gasteiger partial charge in [-0.25, -0.2) is 4.79 Å². The van der Waals surface area contributed by atoms with Gasteiger partial charge in [-0.3, -0.25) is 0 Å². The van der Waals surface area contributed by atoms with Gasteiger partial charge >= 0.3 is 5.97 Å². The third-order valence-corrected chi connectivity index (χ3v) is 3.37. The molecule has 0 aliphatic carbocycles. The van der Waals surface area contributed by atoms with Gasteiger partial charge in [0.05, 0.1) is 6.61 Å². The number of rotatable bonds is 6. The van der Waals surface area contributed by atoms with Crippen molar-refractivity contribution in [1.29, 1.82) is 0 Å². The average Bonchev–Trinajstić information content (AvgIpc) is 2.48. The van der Waals surface area contributed by atoms with Gasteiger partial charge < -0.3 is 14.6 Å². The molecule has 4 nitrogen and oxygen atoms in total. The van der Waals surface area contributed by atoms with Gasteiger partial charge in [-0.2, -0.15) is 0 Å². The molecule has 0 aliphatic rings. The zero-order valence-corrected chi connectivity index (χ0v) is 13.7. The smallest absolute Gasteiger partial charge is 0.329 e. The molecule has 1 N–H and O–H groups in total. The topological polar surface area (TPSA) is 55.8 Å². The first-order valence-electron chi connectivity index (χ1n) is 7.51. The van der Waals surface area contributed by atoms with Crippen molar-refractivity contribution in [2.45, 2.75) is 32.8 Å². The highest BCUT2D eigenvalue weighted by atomic mass is 16.5. The molecule has 2 rings (SSSR count). The molecule has 0 saturated heterocycles. The van der Waals surface area contributed by atoms with Gasteiger partial charge in [0.25, 0.3) is 0 Å². The summed E-state index contributed by atoms with van der Waals surface area (Å²) in [4.78, 5) is 10.4. The van der Waals surface area contributed by atoms with Gasteiger partial charge in [0.1, 0.15) is 18.1 Å². The van der Waals surface area contributed by atoms with Crippen LogP contribution in [0.4, 0.5) is 0 Å². The average molecular weight is 314 g/mol. The highest BCUT2D eigenvalue weighted by Crippen LogP contribution is 2.27. The lowest BCUT2D eigenvalue weighted by Gasteiger charge is -2.19. The van der Waals surface area contributed by atoms with Gasteiger partial charge in [0.15, 0.2) is 0 Å². The van der Waals surface area contributed by atoms with Crippen LogP contribution in [0.25, 0.3) is 0 Å². The third kappa shape index (κ3) is 5.42. The standard InChI is InChI=1S/C19H22O4/c1-19(2,3)15-6-10-17(11-7-15)23-16-8-4-14(5-9-16)12-22-13-18(20)21/h4-11H,12-13H2,1-3H3,(H,20,21). The lowest BCUT2D eigenvalue weighted by atomic mass is 9.87. The highest BCUT2D eigenvalue weighted by molar-refractivity contribution is 5.67. The molecule has 0 aliphatic heterocycles. The van der Waals surface area contributed by atoms with Gasteiger partial charge in [-0.05, 0) is 40.8 Å². The minimum Gasteiger partial charge on any atom is -0.480 e. The molecule has 0 saturated carbocycles. The second-order valence-corrected chi connectivity index (χ2v) is 6.41. The fourth-order valence-corrected chi connectivity index (χ4v) is 2.07. The van der Waals surface area contributed by atoms with E-state index in [1.807, 2.05) is 36.4 Å². The second kappa shape index (κ2) is 7.29. The van der Waals surface area contributed by atoms with Crippen molar-refractivity contribution >= 4 is 5.97 Å². The number of aliphatic carboxylic acids is 1. The Bertz CT molecular complexity index is 637. The molecule has 0 bridgehead atoms. The van der Waals surface area contributed by atoms with Crippen molar-refractivity contribution in [2.24, 2.45) is 0 Å². The Morgan fingerprint density at radius 3 is 1.96 bits per heavy atom. The van der Waals surface area contributed by atoms with Crippen LogP contribution in [-0.4, -0.2) is 17.7 Å². The lowest BCUT2D eigenvalue weighted by molar-refractivity contribution is -0.142. The van der Waals surface area contributed by atoms with E-state index in [-0.39, 0.29) is 18.6 Å². The quantitative estimate of drug-likeness (QED) is 0.860. The summed E-state index contributed by atoms with van der Waals surface area (Å²) in [5, 5.41) is 8.52. The normalized spacial score (nSPS) is 11.3. The Morgan fingerprint density at radius 1 is 0.957 bits per heavy atom. The number of carboxylic acid groups (broad SMARTS) is 1. The molecule has 0 amide bonds. The molecule has 0 atom stereocenters. The van der Waals surface area contributed by atoms with Crippen molar-refractivity contribution in [1.82, 2.24) is 0 Å². The van der Waals surface area contributed by atoms with Crippen molar-refractivity contribution in [3.63, 3.8) is 0 Å². The fourth-order valence-electron chi connectivity index (χ4n) is 2.07. The number of carbonyl (C=O) groups is 1. The van der Waals surface area contributed by atoms with Gasteiger partial charge in [-0.1, -0.05) is 45.0 Å². The van der Waals surface area contributed by atoms with Crippen LogP contribution in [0.2, 0.25) is 0 Å². The number of benzene rings is 2. The molecular weight excluding hydrogens is 292 g/mol. The second-order valence-electron chi connectivity index (χ2n) is 6.41. The summed E-state index contributed by atoms with van der Waals surface area (Å²) in [7, 11) is 0. The molecule has 4 heteroatoms. The van der Waals surface area contributed by atoms with E-state index in [2.05, 4.69) is 32.9 Å². The first kappa shape index (κ1) is 17.0. The van der Waals surface area contributed by atoms with E-state index >= 15 is 0 Å². The molecule has 2 aromatic carbocycles. The molecule has 0 spiro atoms. The fraction of sp³-hybridized carbons (Fsp3) is 0.316. The Kier molecular flexibility index (Phi) is 5.40. The Morgan fingerprint density at radius 2 is 1.48 bits per heavy atom. The maximum atomic E-state index is 10.4. The van der Waals surface area contributed by atoms with Gasteiger partial charge in [0.2, 0.25) is 0 Å². The van der Waals surface area contributed by atoms with E-state index in [1.165, 1.54) is 5.56 Å². The van der Waals surface area contributed by atoms with E-state index < -0.39 is 5.97 Å². The Hall–Kier alpha value is -2.33. The molecule has 2 aromatic rings. The number of carboxylic acids is 1. The monoisotopic (exact) mass is 314 g/mol. The van der Waals surface area contributed by atoms with Gasteiger partial charge in [-0.15, -0.1) is 0 Å². The van der Waals surface area contributed by atoms with Crippen molar-refractivity contribution < 1.29 is 19.4 Å². The number of hydrogen-bond donors (Lipinski definition) is 1. The molecule has 0 radical (unpaired) electrons. The van der Waals surface area contributed by atoms with E-state index in [0.717, 1.165) is 17.1 Å². The largest absolute Gasteiger partial charge is 0.480 e. The van der Waals surface area contributed by atoms with E-state index in [0.29, 0.717) is 0 Å². The molecule has 122 valence electrons. The third-order valence-electron chi connectivity index (χ3n) is 3.37. The van der Waals surface area contributed by atoms with E-state index in [9.17, 15) is 4.79 Å². The van der Waals surface area contributed by atoms with Crippen molar-refractivity contribution in [2.75, 3.05) is 6.61 Å². The predicted octanol–water partition coefficient (Wildman–Crippen LogP) is 4.38. The van der Waals surface area contributed by atoms with Crippen LogP contribution in [0.3, 0.4) is 0 Å². The van der Waals surface area contributed by atoms with Crippen LogP contribution in [-0.2, 0) is 21.6 Å². The summed E-state index contributed by atoms with van der Waals surface area (Å²) in [5.74, 6) is 0.548. The maximum Gasteiger partial charge on any atom is 0.329 e. The van der Waals surface area contributed by atoms with Crippen LogP contribution in [0.15, 0.2) is 48.5 Å². The molecule has 23 heavy (non-hydrogen) atoms. The molecule has 0 aromatic heterocycles.